The smallest absolute Gasteiger partial charge is 0.0410 e. The number of nitrogens with one attached hydrogen (secondary N) is 1. The van der Waals surface area contributed by atoms with Gasteiger partial charge >= 0.3 is 0 Å². The third kappa shape index (κ3) is 2.28. The molecule has 1 aliphatic rings. The van der Waals surface area contributed by atoms with Gasteiger partial charge in [-0.2, -0.15) is 0 Å². The average molecular weight is 176 g/mol. The zero-order chi connectivity index (χ0) is 9.10. The molecule has 0 amide bonds. The monoisotopic (exact) mass is 176 g/mol. The van der Waals surface area contributed by atoms with Gasteiger partial charge in [-0.3, -0.25) is 4.98 Å². The fourth-order valence-corrected chi connectivity index (χ4v) is 1.90. The Bertz CT molecular complexity index is 277. The van der Waals surface area contributed by atoms with E-state index in [9.17, 15) is 0 Å². The van der Waals surface area contributed by atoms with Gasteiger partial charge in [-0.1, -0.05) is 6.07 Å². The quantitative estimate of drug-likeness (QED) is 0.739. The molecule has 1 saturated heterocycles. The van der Waals surface area contributed by atoms with E-state index in [1.54, 1.807) is 0 Å². The van der Waals surface area contributed by atoms with Gasteiger partial charge in [0.1, 0.15) is 0 Å². The molecule has 1 unspecified atom stereocenters. The summed E-state index contributed by atoms with van der Waals surface area (Å²) in [7, 11) is 0. The van der Waals surface area contributed by atoms with Crippen LogP contribution in [0.3, 0.4) is 0 Å². The van der Waals surface area contributed by atoms with Gasteiger partial charge in [-0.25, -0.2) is 0 Å². The first-order valence-corrected chi connectivity index (χ1v) is 4.98. The molecule has 2 nitrogen and oxygen atoms in total. The van der Waals surface area contributed by atoms with Gasteiger partial charge < -0.3 is 5.32 Å². The van der Waals surface area contributed by atoms with Crippen LogP contribution in [0.5, 0.6) is 0 Å². The molecule has 1 aromatic heterocycles. The SMILES string of the molecule is Cc1cccc(CC2CCNC2)n1. The normalized spacial score (nSPS) is 22.1. The molecule has 0 radical (unpaired) electrons. The predicted molar refractivity (Wildman–Crippen MR) is 53.7 cm³/mol. The summed E-state index contributed by atoms with van der Waals surface area (Å²) in [5, 5.41) is 3.38. The van der Waals surface area contributed by atoms with Gasteiger partial charge in [0, 0.05) is 11.4 Å². The molecule has 2 heterocycles. The zero-order valence-electron chi connectivity index (χ0n) is 8.09. The molecular formula is C11H16N2. The van der Waals surface area contributed by atoms with E-state index < -0.39 is 0 Å². The summed E-state index contributed by atoms with van der Waals surface area (Å²) in [6.45, 7) is 4.39. The number of hydrogen-bond acceptors (Lipinski definition) is 2. The Hall–Kier alpha value is -0.890. The standard InChI is InChI=1S/C11H16N2/c1-9-3-2-4-11(13-9)7-10-5-6-12-8-10/h2-4,10,12H,5-8H2,1H3. The summed E-state index contributed by atoms with van der Waals surface area (Å²) in [6.07, 6.45) is 2.43. The van der Waals surface area contributed by atoms with E-state index in [1.165, 1.54) is 18.7 Å². The molecular weight excluding hydrogens is 160 g/mol. The minimum absolute atomic E-state index is 0.800. The van der Waals surface area contributed by atoms with E-state index in [4.69, 9.17) is 0 Å². The summed E-state index contributed by atoms with van der Waals surface area (Å²) < 4.78 is 0. The topological polar surface area (TPSA) is 24.9 Å². The van der Waals surface area contributed by atoms with Crippen LogP contribution >= 0.6 is 0 Å². The number of aryl methyl sites for hydroxylation is 1. The van der Waals surface area contributed by atoms with E-state index in [0.29, 0.717) is 0 Å². The van der Waals surface area contributed by atoms with Crippen LogP contribution in [0.25, 0.3) is 0 Å². The van der Waals surface area contributed by atoms with Gasteiger partial charge in [0.2, 0.25) is 0 Å². The maximum Gasteiger partial charge on any atom is 0.0410 e. The first kappa shape index (κ1) is 8.70. The van der Waals surface area contributed by atoms with E-state index in [1.807, 2.05) is 0 Å². The molecule has 13 heavy (non-hydrogen) atoms. The van der Waals surface area contributed by atoms with Gasteiger partial charge in [0.15, 0.2) is 0 Å². The predicted octanol–water partition coefficient (Wildman–Crippen LogP) is 1.54. The van der Waals surface area contributed by atoms with Crippen molar-refractivity contribution in [2.75, 3.05) is 13.1 Å². The summed E-state index contributed by atoms with van der Waals surface area (Å²) in [5.74, 6) is 0.800. The molecule has 70 valence electrons. The van der Waals surface area contributed by atoms with Crippen LogP contribution in [-0.2, 0) is 6.42 Å². The summed E-state index contributed by atoms with van der Waals surface area (Å²) in [6, 6.07) is 6.28. The molecule has 1 N–H and O–H groups in total. The van der Waals surface area contributed by atoms with Crippen LogP contribution in [0.1, 0.15) is 17.8 Å². The first-order valence-electron chi connectivity index (χ1n) is 4.98. The highest BCUT2D eigenvalue weighted by atomic mass is 14.9. The number of rotatable bonds is 2. The molecule has 0 aliphatic carbocycles. The average Bonchev–Trinajstić information content (AvgIpc) is 2.57. The van der Waals surface area contributed by atoms with Gasteiger partial charge in [0.05, 0.1) is 0 Å². The van der Waals surface area contributed by atoms with E-state index in [-0.39, 0.29) is 0 Å². The number of aromatic nitrogens is 1. The highest BCUT2D eigenvalue weighted by Gasteiger charge is 2.14. The Morgan fingerprint density at radius 1 is 1.54 bits per heavy atom. The van der Waals surface area contributed by atoms with Crippen LogP contribution in [0, 0.1) is 12.8 Å². The largest absolute Gasteiger partial charge is 0.316 e. The molecule has 1 atom stereocenters. The van der Waals surface area contributed by atoms with Crippen molar-refractivity contribution in [3.8, 4) is 0 Å². The maximum absolute atomic E-state index is 4.51. The third-order valence-electron chi connectivity index (χ3n) is 2.61. The third-order valence-corrected chi connectivity index (χ3v) is 2.61. The highest BCUT2D eigenvalue weighted by Crippen LogP contribution is 2.13. The van der Waals surface area contributed by atoms with E-state index >= 15 is 0 Å². The summed E-state index contributed by atoms with van der Waals surface area (Å²) in [4.78, 5) is 4.51. The molecule has 0 saturated carbocycles. The molecule has 0 bridgehead atoms. The van der Waals surface area contributed by atoms with Crippen molar-refractivity contribution in [2.45, 2.75) is 19.8 Å². The fraction of sp³-hybridized carbons (Fsp3) is 0.545. The van der Waals surface area contributed by atoms with Crippen molar-refractivity contribution in [1.29, 1.82) is 0 Å². The van der Waals surface area contributed by atoms with Crippen LogP contribution < -0.4 is 5.32 Å². The Labute approximate surface area is 79.4 Å². The molecule has 0 aromatic carbocycles. The lowest BCUT2D eigenvalue weighted by atomic mass is 10.0. The van der Waals surface area contributed by atoms with Crippen molar-refractivity contribution in [1.82, 2.24) is 10.3 Å². The molecule has 1 aromatic rings. The van der Waals surface area contributed by atoms with Crippen LogP contribution in [-0.4, -0.2) is 18.1 Å². The second-order valence-electron chi connectivity index (χ2n) is 3.83. The van der Waals surface area contributed by atoms with E-state index in [0.717, 1.165) is 24.6 Å². The molecule has 1 fully saturated rings. The Kier molecular flexibility index (Phi) is 2.60. The molecule has 1 aliphatic heterocycles. The number of hydrogen-bond donors (Lipinski definition) is 1. The summed E-state index contributed by atoms with van der Waals surface area (Å²) >= 11 is 0. The van der Waals surface area contributed by atoms with Gasteiger partial charge in [-0.15, -0.1) is 0 Å². The number of nitrogens with zero attached hydrogens (tertiary/aromatic N) is 1. The Balaban J connectivity index is 2.00. The number of pyridine rings is 1. The molecule has 2 rings (SSSR count). The maximum atomic E-state index is 4.51. The second-order valence-corrected chi connectivity index (χ2v) is 3.83. The lowest BCUT2D eigenvalue weighted by Crippen LogP contribution is -2.11. The Morgan fingerprint density at radius 2 is 2.46 bits per heavy atom. The first-order chi connectivity index (χ1) is 6.34. The zero-order valence-corrected chi connectivity index (χ0v) is 8.09. The lowest BCUT2D eigenvalue weighted by Gasteiger charge is -2.07. The van der Waals surface area contributed by atoms with Gasteiger partial charge in [-0.05, 0) is 50.9 Å². The van der Waals surface area contributed by atoms with Crippen LogP contribution in [0.2, 0.25) is 0 Å². The highest BCUT2D eigenvalue weighted by molar-refractivity contribution is 5.10. The van der Waals surface area contributed by atoms with Crippen LogP contribution in [0.4, 0.5) is 0 Å². The fourth-order valence-electron chi connectivity index (χ4n) is 1.90. The van der Waals surface area contributed by atoms with Crippen molar-refractivity contribution < 1.29 is 0 Å². The van der Waals surface area contributed by atoms with Crippen molar-refractivity contribution in [2.24, 2.45) is 5.92 Å². The van der Waals surface area contributed by atoms with Crippen molar-refractivity contribution in [3.05, 3.63) is 29.6 Å². The lowest BCUT2D eigenvalue weighted by molar-refractivity contribution is 0.571. The van der Waals surface area contributed by atoms with Crippen molar-refractivity contribution in [3.63, 3.8) is 0 Å². The summed E-state index contributed by atoms with van der Waals surface area (Å²) in [5.41, 5.74) is 2.37. The minimum Gasteiger partial charge on any atom is -0.316 e. The van der Waals surface area contributed by atoms with Gasteiger partial charge in [0.25, 0.3) is 0 Å². The Morgan fingerprint density at radius 3 is 3.15 bits per heavy atom. The molecule has 2 heteroatoms. The van der Waals surface area contributed by atoms with Crippen LogP contribution in [0.15, 0.2) is 18.2 Å². The second kappa shape index (κ2) is 3.88. The molecule has 0 spiro atoms. The minimum atomic E-state index is 0.800. The van der Waals surface area contributed by atoms with Crippen molar-refractivity contribution >= 4 is 0 Å². The van der Waals surface area contributed by atoms with E-state index in [2.05, 4.69) is 35.4 Å².